The lowest BCUT2D eigenvalue weighted by molar-refractivity contribution is 0.602. The summed E-state index contributed by atoms with van der Waals surface area (Å²) in [6.45, 7) is 3.62. The van der Waals surface area contributed by atoms with Gasteiger partial charge in [-0.1, -0.05) is 24.3 Å². The van der Waals surface area contributed by atoms with Gasteiger partial charge in [-0.3, -0.25) is 0 Å². The van der Waals surface area contributed by atoms with E-state index >= 15 is 0 Å². The van der Waals surface area contributed by atoms with Crippen LogP contribution >= 0.6 is 0 Å². The minimum atomic E-state index is -2.88. The molecule has 0 aliphatic carbocycles. The van der Waals surface area contributed by atoms with Crippen molar-refractivity contribution in [2.24, 2.45) is 0 Å². The van der Waals surface area contributed by atoms with E-state index in [1.807, 2.05) is 13.8 Å². The molecule has 0 aliphatic heterocycles. The Bertz CT molecular complexity index is 215. The molecule has 0 aliphatic rings. The lowest BCUT2D eigenvalue weighted by atomic mass is 10.6. The van der Waals surface area contributed by atoms with Gasteiger partial charge in [-0.2, -0.15) is 0 Å². The molecule has 0 spiro atoms. The molecule has 0 saturated carbocycles. The molecule has 0 heterocycles. The van der Waals surface area contributed by atoms with Gasteiger partial charge in [0.2, 0.25) is 0 Å². The van der Waals surface area contributed by atoms with Crippen molar-refractivity contribution in [1.29, 1.82) is 0 Å². The Kier molecular flexibility index (Phi) is 4.86. The summed E-state index contributed by atoms with van der Waals surface area (Å²) < 4.78 is 22.1. The molecule has 0 N–H and O–H groups in total. The van der Waals surface area contributed by atoms with E-state index in [0.29, 0.717) is 0 Å². The molecule has 0 aromatic carbocycles. The number of hydrogen-bond acceptors (Lipinski definition) is 2. The van der Waals surface area contributed by atoms with Crippen molar-refractivity contribution in [3.8, 4) is 0 Å². The molecule has 0 rings (SSSR count). The van der Waals surface area contributed by atoms with Crippen molar-refractivity contribution < 1.29 is 8.42 Å². The van der Waals surface area contributed by atoms with Gasteiger partial charge in [-0.05, 0) is 13.8 Å². The van der Waals surface area contributed by atoms with E-state index in [1.165, 1.54) is 0 Å². The Balaban J connectivity index is 4.02. The van der Waals surface area contributed by atoms with Crippen molar-refractivity contribution in [1.82, 2.24) is 0 Å². The quantitative estimate of drug-likeness (QED) is 0.606. The molecule has 0 aromatic heterocycles. The first-order valence-electron chi connectivity index (χ1n) is 3.55. The maximum atomic E-state index is 11.0. The highest BCUT2D eigenvalue weighted by molar-refractivity contribution is 7.91. The largest absolute Gasteiger partial charge is 0.228 e. The van der Waals surface area contributed by atoms with Crippen molar-refractivity contribution in [3.63, 3.8) is 0 Å². The minimum Gasteiger partial charge on any atom is -0.228 e. The maximum Gasteiger partial charge on any atom is 0.157 e. The Labute approximate surface area is 68.5 Å². The van der Waals surface area contributed by atoms with Crippen molar-refractivity contribution in [2.45, 2.75) is 13.8 Å². The molecule has 0 amide bonds. The Morgan fingerprint density at radius 3 is 1.64 bits per heavy atom. The fraction of sp³-hybridized carbons (Fsp3) is 0.500. The van der Waals surface area contributed by atoms with Crippen LogP contribution in [0, 0.1) is 0 Å². The van der Waals surface area contributed by atoms with Crippen LogP contribution in [0.2, 0.25) is 0 Å². The van der Waals surface area contributed by atoms with Crippen LogP contribution in [0.5, 0.6) is 0 Å². The molecular weight excluding hydrogens is 160 g/mol. The molecule has 0 saturated heterocycles. The van der Waals surface area contributed by atoms with Crippen LogP contribution in [-0.2, 0) is 9.84 Å². The summed E-state index contributed by atoms with van der Waals surface area (Å²) in [6, 6.07) is 0. The number of allylic oxidation sites excluding steroid dienone is 2. The first kappa shape index (κ1) is 10.4. The highest BCUT2D eigenvalue weighted by atomic mass is 32.2. The summed E-state index contributed by atoms with van der Waals surface area (Å²) in [7, 11) is -2.88. The van der Waals surface area contributed by atoms with Gasteiger partial charge in [0.25, 0.3) is 0 Å². The van der Waals surface area contributed by atoms with Gasteiger partial charge in [-0.15, -0.1) is 0 Å². The average Bonchev–Trinajstić information content (AvgIpc) is 1.97. The molecule has 64 valence electrons. The monoisotopic (exact) mass is 174 g/mol. The van der Waals surface area contributed by atoms with Crippen molar-refractivity contribution in [2.75, 3.05) is 11.5 Å². The third-order valence-electron chi connectivity index (χ3n) is 1.17. The van der Waals surface area contributed by atoms with Crippen molar-refractivity contribution in [3.05, 3.63) is 24.3 Å². The second-order valence-corrected chi connectivity index (χ2v) is 4.37. The van der Waals surface area contributed by atoms with Crippen LogP contribution in [0.25, 0.3) is 0 Å². The van der Waals surface area contributed by atoms with Gasteiger partial charge in [0.05, 0.1) is 11.5 Å². The van der Waals surface area contributed by atoms with E-state index < -0.39 is 9.84 Å². The van der Waals surface area contributed by atoms with Gasteiger partial charge in [0, 0.05) is 0 Å². The zero-order valence-corrected chi connectivity index (χ0v) is 7.76. The third-order valence-corrected chi connectivity index (χ3v) is 2.57. The lowest BCUT2D eigenvalue weighted by Crippen LogP contribution is -2.06. The second kappa shape index (κ2) is 5.13. The predicted molar refractivity (Wildman–Crippen MR) is 48.3 cm³/mol. The van der Waals surface area contributed by atoms with Crippen LogP contribution < -0.4 is 0 Å². The molecule has 0 unspecified atom stereocenters. The van der Waals surface area contributed by atoms with Gasteiger partial charge in [-0.25, -0.2) is 8.42 Å². The van der Waals surface area contributed by atoms with E-state index in [4.69, 9.17) is 0 Å². The Hall–Kier alpha value is -0.570. The summed E-state index contributed by atoms with van der Waals surface area (Å²) in [5.41, 5.74) is 0. The van der Waals surface area contributed by atoms with E-state index in [0.717, 1.165) is 0 Å². The highest BCUT2D eigenvalue weighted by Crippen LogP contribution is 1.92. The molecule has 11 heavy (non-hydrogen) atoms. The molecule has 3 heteroatoms. The van der Waals surface area contributed by atoms with Gasteiger partial charge in [0.1, 0.15) is 0 Å². The summed E-state index contributed by atoms with van der Waals surface area (Å²) in [4.78, 5) is 0. The minimum absolute atomic E-state index is 0.147. The van der Waals surface area contributed by atoms with Crippen LogP contribution in [0.4, 0.5) is 0 Å². The molecular formula is C8H14O2S. The van der Waals surface area contributed by atoms with Crippen molar-refractivity contribution >= 4 is 9.84 Å². The van der Waals surface area contributed by atoms with Crippen LogP contribution in [0.15, 0.2) is 24.3 Å². The first-order chi connectivity index (χ1) is 5.12. The predicted octanol–water partition coefficient (Wildman–Crippen LogP) is 1.55. The van der Waals surface area contributed by atoms with E-state index in [2.05, 4.69) is 0 Å². The third kappa shape index (κ3) is 5.85. The summed E-state index contributed by atoms with van der Waals surface area (Å²) >= 11 is 0. The fourth-order valence-corrected chi connectivity index (χ4v) is 1.66. The molecule has 0 bridgehead atoms. The number of hydrogen-bond donors (Lipinski definition) is 0. The topological polar surface area (TPSA) is 34.1 Å². The average molecular weight is 174 g/mol. The zero-order valence-electron chi connectivity index (χ0n) is 6.95. The fourth-order valence-electron chi connectivity index (χ4n) is 0.554. The molecule has 2 nitrogen and oxygen atoms in total. The molecule has 0 fully saturated rings. The van der Waals surface area contributed by atoms with Gasteiger partial charge >= 0.3 is 0 Å². The van der Waals surface area contributed by atoms with Crippen LogP contribution in [0.3, 0.4) is 0 Å². The zero-order chi connectivity index (χ0) is 8.74. The van der Waals surface area contributed by atoms with Crippen LogP contribution in [0.1, 0.15) is 13.8 Å². The number of sulfone groups is 1. The molecule has 0 aromatic rings. The van der Waals surface area contributed by atoms with Crippen LogP contribution in [-0.4, -0.2) is 19.9 Å². The van der Waals surface area contributed by atoms with E-state index in [1.54, 1.807) is 24.3 Å². The van der Waals surface area contributed by atoms with E-state index in [-0.39, 0.29) is 11.5 Å². The van der Waals surface area contributed by atoms with Gasteiger partial charge in [0.15, 0.2) is 9.84 Å². The smallest absolute Gasteiger partial charge is 0.157 e. The summed E-state index contributed by atoms with van der Waals surface area (Å²) in [5, 5.41) is 0. The lowest BCUT2D eigenvalue weighted by Gasteiger charge is -1.93. The second-order valence-electron chi connectivity index (χ2n) is 2.21. The van der Waals surface area contributed by atoms with E-state index in [9.17, 15) is 8.42 Å². The maximum absolute atomic E-state index is 11.0. The highest BCUT2D eigenvalue weighted by Gasteiger charge is 2.03. The first-order valence-corrected chi connectivity index (χ1v) is 5.37. The molecule has 0 atom stereocenters. The summed E-state index contributed by atoms with van der Waals surface area (Å²) in [5.74, 6) is 0.293. The summed E-state index contributed by atoms with van der Waals surface area (Å²) in [6.07, 6.45) is 6.79. The number of rotatable bonds is 4. The Morgan fingerprint density at radius 2 is 1.36 bits per heavy atom. The molecule has 0 radical (unpaired) electrons. The van der Waals surface area contributed by atoms with Gasteiger partial charge < -0.3 is 0 Å². The normalized spacial score (nSPS) is 13.3. The Morgan fingerprint density at radius 1 is 1.00 bits per heavy atom. The standard InChI is InChI=1S/C8H14O2S/c1-3-5-7-11(9,10)8-6-4-2/h3-6H,7-8H2,1-2H3/b5-3+,6-4+. The SMILES string of the molecule is C/C=C/CS(=O)(=O)C/C=C/C.